The summed E-state index contributed by atoms with van der Waals surface area (Å²) in [7, 11) is 0. The van der Waals surface area contributed by atoms with Gasteiger partial charge in [0.05, 0.1) is 5.56 Å². The van der Waals surface area contributed by atoms with Crippen LogP contribution in [0.5, 0.6) is 0 Å². The number of halogens is 1. The minimum Gasteiger partial charge on any atom is -0.448 e. The van der Waals surface area contributed by atoms with Gasteiger partial charge in [0.15, 0.2) is 16.1 Å². The molecule has 0 amide bonds. The van der Waals surface area contributed by atoms with Crippen LogP contribution in [0, 0.1) is 13.8 Å². The van der Waals surface area contributed by atoms with Crippen molar-refractivity contribution in [1.82, 2.24) is 5.16 Å². The molecule has 2 N–H and O–H groups in total. The Kier molecular flexibility index (Phi) is 3.14. The lowest BCUT2D eigenvalue weighted by Crippen LogP contribution is -1.89. The fourth-order valence-corrected chi connectivity index (χ4v) is 2.40. The number of furan rings is 1. The van der Waals surface area contributed by atoms with E-state index in [4.69, 9.17) is 14.7 Å². The van der Waals surface area contributed by atoms with Crippen LogP contribution in [0.25, 0.3) is 22.6 Å². The van der Waals surface area contributed by atoms with E-state index in [2.05, 4.69) is 47.1 Å². The zero-order valence-corrected chi connectivity index (χ0v) is 12.7. The van der Waals surface area contributed by atoms with Crippen LogP contribution in [0.4, 0.5) is 5.88 Å². The standard InChI is InChI=1S/C15H13BrN2O2/c1-8-3-4-10(7-9(8)2)13-14(18-20-15(13)17)11-5-6-12(16)19-11/h3-7H,17H2,1-2H3. The molecule has 0 radical (unpaired) electrons. The molecule has 0 unspecified atom stereocenters. The summed E-state index contributed by atoms with van der Waals surface area (Å²) in [6.45, 7) is 4.13. The van der Waals surface area contributed by atoms with Gasteiger partial charge in [0.25, 0.3) is 0 Å². The smallest absolute Gasteiger partial charge is 0.230 e. The van der Waals surface area contributed by atoms with Crippen molar-refractivity contribution in [1.29, 1.82) is 0 Å². The van der Waals surface area contributed by atoms with E-state index in [0.29, 0.717) is 16.1 Å². The Hall–Kier alpha value is -2.01. The number of rotatable bonds is 2. The maximum atomic E-state index is 5.92. The molecule has 2 heterocycles. The second-order valence-electron chi connectivity index (χ2n) is 4.67. The third-order valence-corrected chi connectivity index (χ3v) is 3.75. The highest BCUT2D eigenvalue weighted by Gasteiger charge is 2.20. The highest BCUT2D eigenvalue weighted by Crippen LogP contribution is 2.38. The number of benzene rings is 1. The predicted octanol–water partition coefficient (Wildman–Crippen LogP) is 4.56. The minimum absolute atomic E-state index is 0.288. The SMILES string of the molecule is Cc1ccc(-c2c(-c3ccc(Br)o3)noc2N)cc1C. The molecule has 4 nitrogen and oxygen atoms in total. The molecule has 0 aliphatic rings. The summed E-state index contributed by atoms with van der Waals surface area (Å²) in [6.07, 6.45) is 0. The van der Waals surface area contributed by atoms with Crippen molar-refractivity contribution in [2.75, 3.05) is 5.73 Å². The van der Waals surface area contributed by atoms with Gasteiger partial charge in [-0.05, 0) is 58.6 Å². The van der Waals surface area contributed by atoms with Crippen LogP contribution in [0.1, 0.15) is 11.1 Å². The van der Waals surface area contributed by atoms with Gasteiger partial charge < -0.3 is 14.7 Å². The highest BCUT2D eigenvalue weighted by atomic mass is 79.9. The molecule has 3 aromatic rings. The summed E-state index contributed by atoms with van der Waals surface area (Å²) in [5.41, 5.74) is 10.7. The molecule has 0 saturated carbocycles. The Morgan fingerprint density at radius 3 is 2.55 bits per heavy atom. The average molecular weight is 333 g/mol. The molecule has 3 rings (SSSR count). The lowest BCUT2D eigenvalue weighted by molar-refractivity contribution is 0.435. The third-order valence-electron chi connectivity index (χ3n) is 3.32. The highest BCUT2D eigenvalue weighted by molar-refractivity contribution is 9.10. The second kappa shape index (κ2) is 4.83. The van der Waals surface area contributed by atoms with E-state index >= 15 is 0 Å². The third kappa shape index (κ3) is 2.14. The molecular formula is C15H13BrN2O2. The lowest BCUT2D eigenvalue weighted by Gasteiger charge is -2.05. The van der Waals surface area contributed by atoms with Gasteiger partial charge in [0, 0.05) is 0 Å². The van der Waals surface area contributed by atoms with Crippen molar-refractivity contribution in [2.45, 2.75) is 13.8 Å². The molecule has 0 spiro atoms. The van der Waals surface area contributed by atoms with Crippen molar-refractivity contribution in [2.24, 2.45) is 0 Å². The fourth-order valence-electron chi connectivity index (χ4n) is 2.09. The maximum Gasteiger partial charge on any atom is 0.230 e. The van der Waals surface area contributed by atoms with Crippen LogP contribution in [0.3, 0.4) is 0 Å². The number of aromatic nitrogens is 1. The molecule has 0 bridgehead atoms. The zero-order valence-electron chi connectivity index (χ0n) is 11.1. The topological polar surface area (TPSA) is 65.2 Å². The van der Waals surface area contributed by atoms with E-state index in [9.17, 15) is 0 Å². The molecule has 0 atom stereocenters. The number of aryl methyl sites for hydroxylation is 2. The molecule has 0 fully saturated rings. The van der Waals surface area contributed by atoms with Crippen LogP contribution in [-0.4, -0.2) is 5.16 Å². The first-order chi connectivity index (χ1) is 9.56. The van der Waals surface area contributed by atoms with E-state index in [0.717, 1.165) is 11.1 Å². The van der Waals surface area contributed by atoms with Crippen LogP contribution < -0.4 is 5.73 Å². The molecular weight excluding hydrogens is 320 g/mol. The van der Waals surface area contributed by atoms with Crippen molar-refractivity contribution in [3.05, 3.63) is 46.1 Å². The van der Waals surface area contributed by atoms with Gasteiger partial charge >= 0.3 is 0 Å². The number of nitrogens with two attached hydrogens (primary N) is 1. The number of anilines is 1. The Balaban J connectivity index is 2.18. The zero-order chi connectivity index (χ0) is 14.3. The summed E-state index contributed by atoms with van der Waals surface area (Å²) in [5.74, 6) is 0.904. The van der Waals surface area contributed by atoms with Crippen molar-refractivity contribution >= 4 is 21.8 Å². The monoisotopic (exact) mass is 332 g/mol. The van der Waals surface area contributed by atoms with Gasteiger partial charge in [-0.1, -0.05) is 23.4 Å². The maximum absolute atomic E-state index is 5.92. The number of hydrogen-bond donors (Lipinski definition) is 1. The quantitative estimate of drug-likeness (QED) is 0.746. The molecule has 5 heteroatoms. The van der Waals surface area contributed by atoms with E-state index in [1.165, 1.54) is 11.1 Å². The fraction of sp³-hybridized carbons (Fsp3) is 0.133. The van der Waals surface area contributed by atoms with Crippen molar-refractivity contribution in [3.63, 3.8) is 0 Å². The largest absolute Gasteiger partial charge is 0.448 e. The first-order valence-electron chi connectivity index (χ1n) is 6.14. The van der Waals surface area contributed by atoms with Gasteiger partial charge in [-0.25, -0.2) is 0 Å². The normalized spacial score (nSPS) is 10.9. The lowest BCUT2D eigenvalue weighted by atomic mass is 9.99. The van der Waals surface area contributed by atoms with Gasteiger partial charge in [-0.15, -0.1) is 0 Å². The second-order valence-corrected chi connectivity index (χ2v) is 5.45. The summed E-state index contributed by atoms with van der Waals surface area (Å²) in [4.78, 5) is 0. The summed E-state index contributed by atoms with van der Waals surface area (Å²) in [5, 5.41) is 4.01. The molecule has 0 aliphatic heterocycles. The van der Waals surface area contributed by atoms with E-state index in [1.807, 2.05) is 18.2 Å². The molecule has 2 aromatic heterocycles. The number of nitrogens with zero attached hydrogens (tertiary/aromatic N) is 1. The summed E-state index contributed by atoms with van der Waals surface area (Å²) >= 11 is 3.28. The Morgan fingerprint density at radius 1 is 1.10 bits per heavy atom. The summed E-state index contributed by atoms with van der Waals surface area (Å²) < 4.78 is 11.3. The van der Waals surface area contributed by atoms with Gasteiger partial charge in [-0.3, -0.25) is 0 Å². The van der Waals surface area contributed by atoms with Crippen LogP contribution >= 0.6 is 15.9 Å². The Labute approximate surface area is 124 Å². The van der Waals surface area contributed by atoms with Crippen LogP contribution in [0.15, 0.2) is 43.9 Å². The molecule has 0 aliphatic carbocycles. The first-order valence-corrected chi connectivity index (χ1v) is 6.94. The Morgan fingerprint density at radius 2 is 1.90 bits per heavy atom. The number of nitrogen functional groups attached to an aromatic ring is 1. The van der Waals surface area contributed by atoms with E-state index in [-0.39, 0.29) is 5.88 Å². The average Bonchev–Trinajstić information content (AvgIpc) is 2.99. The minimum atomic E-state index is 0.288. The van der Waals surface area contributed by atoms with Crippen LogP contribution in [0.2, 0.25) is 0 Å². The summed E-state index contributed by atoms with van der Waals surface area (Å²) in [6, 6.07) is 9.77. The number of hydrogen-bond acceptors (Lipinski definition) is 4. The van der Waals surface area contributed by atoms with E-state index < -0.39 is 0 Å². The van der Waals surface area contributed by atoms with Crippen molar-refractivity contribution < 1.29 is 8.94 Å². The molecule has 0 saturated heterocycles. The van der Waals surface area contributed by atoms with Crippen molar-refractivity contribution in [3.8, 4) is 22.6 Å². The van der Waals surface area contributed by atoms with Gasteiger partial charge in [-0.2, -0.15) is 0 Å². The van der Waals surface area contributed by atoms with Gasteiger partial charge in [0.2, 0.25) is 5.88 Å². The van der Waals surface area contributed by atoms with E-state index in [1.54, 1.807) is 0 Å². The van der Waals surface area contributed by atoms with Gasteiger partial charge in [0.1, 0.15) is 0 Å². The predicted molar refractivity (Wildman–Crippen MR) is 81.2 cm³/mol. The molecule has 1 aromatic carbocycles. The molecule has 20 heavy (non-hydrogen) atoms. The molecule has 102 valence electrons. The van der Waals surface area contributed by atoms with Crippen LogP contribution in [-0.2, 0) is 0 Å². The first kappa shape index (κ1) is 13.0. The Bertz CT molecular complexity index is 774.